The van der Waals surface area contributed by atoms with Crippen molar-refractivity contribution in [3.05, 3.63) is 0 Å². The van der Waals surface area contributed by atoms with Crippen LogP contribution in [-0.4, -0.2) is 25.7 Å². The smallest absolute Gasteiger partial charge is 0.309 e. The molecular weight excluding hydrogens is 178 g/mol. The fourth-order valence-electron chi connectivity index (χ4n) is 2.98. The Balaban J connectivity index is 2.04. The summed E-state index contributed by atoms with van der Waals surface area (Å²) >= 11 is 0. The Labute approximate surface area is 85.2 Å². The van der Waals surface area contributed by atoms with E-state index < -0.39 is 0 Å². The zero-order valence-electron chi connectivity index (χ0n) is 8.79. The summed E-state index contributed by atoms with van der Waals surface area (Å²) in [7, 11) is 1.50. The van der Waals surface area contributed by atoms with Gasteiger partial charge in [0.25, 0.3) is 0 Å². The number of carbonyl (C=O) groups is 1. The summed E-state index contributed by atoms with van der Waals surface area (Å²) in [5.41, 5.74) is 0. The van der Waals surface area contributed by atoms with Gasteiger partial charge in [-0.25, -0.2) is 0 Å². The Morgan fingerprint density at radius 2 is 2.07 bits per heavy atom. The molecule has 1 aliphatic carbocycles. The first kappa shape index (κ1) is 9.97. The zero-order chi connectivity index (χ0) is 9.97. The molecule has 1 saturated heterocycles. The number of nitrogens with one attached hydrogen (secondary N) is 1. The van der Waals surface area contributed by atoms with Crippen LogP contribution in [-0.2, 0) is 9.53 Å². The number of esters is 1. The summed E-state index contributed by atoms with van der Waals surface area (Å²) in [6, 6.07) is 0.571. The Morgan fingerprint density at radius 3 is 2.86 bits per heavy atom. The summed E-state index contributed by atoms with van der Waals surface area (Å²) in [4.78, 5) is 11.6. The van der Waals surface area contributed by atoms with Crippen LogP contribution in [0.25, 0.3) is 0 Å². The third-order valence-electron chi connectivity index (χ3n) is 3.70. The number of carbonyl (C=O) groups excluding carboxylic acids is 1. The molecule has 1 saturated carbocycles. The fourth-order valence-corrected chi connectivity index (χ4v) is 2.98. The number of fused-ring (bicyclic) bond motifs is 1. The highest BCUT2D eigenvalue weighted by Gasteiger charge is 2.38. The first-order chi connectivity index (χ1) is 6.83. The van der Waals surface area contributed by atoms with Gasteiger partial charge in [-0.05, 0) is 31.7 Å². The highest BCUT2D eigenvalue weighted by molar-refractivity contribution is 5.73. The van der Waals surface area contributed by atoms with Crippen LogP contribution in [0.1, 0.15) is 32.1 Å². The molecule has 0 aromatic rings. The monoisotopic (exact) mass is 197 g/mol. The van der Waals surface area contributed by atoms with Crippen molar-refractivity contribution < 1.29 is 9.53 Å². The molecule has 0 aromatic heterocycles. The quantitative estimate of drug-likeness (QED) is 0.644. The number of piperidine rings is 1. The highest BCUT2D eigenvalue weighted by Crippen LogP contribution is 2.35. The topological polar surface area (TPSA) is 38.3 Å². The SMILES string of the molecule is COC(=O)[C@@H]1CCN[C@@H]2CCCC[C@@H]21. The molecule has 1 heterocycles. The summed E-state index contributed by atoms with van der Waals surface area (Å²) in [6.07, 6.45) is 5.96. The van der Waals surface area contributed by atoms with Crippen molar-refractivity contribution >= 4 is 5.97 Å². The lowest BCUT2D eigenvalue weighted by Gasteiger charge is -2.40. The van der Waals surface area contributed by atoms with Gasteiger partial charge in [0.15, 0.2) is 0 Å². The predicted octanol–water partition coefficient (Wildman–Crippen LogP) is 1.33. The molecule has 3 atom stereocenters. The van der Waals surface area contributed by atoms with E-state index in [9.17, 15) is 4.79 Å². The Bertz CT molecular complexity index is 215. The molecule has 3 nitrogen and oxygen atoms in total. The number of hydrogen-bond donors (Lipinski definition) is 1. The molecule has 2 fully saturated rings. The van der Waals surface area contributed by atoms with Crippen molar-refractivity contribution in [2.75, 3.05) is 13.7 Å². The van der Waals surface area contributed by atoms with Crippen LogP contribution in [0.4, 0.5) is 0 Å². The van der Waals surface area contributed by atoms with Crippen LogP contribution in [0, 0.1) is 11.8 Å². The van der Waals surface area contributed by atoms with Crippen molar-refractivity contribution in [2.45, 2.75) is 38.1 Å². The van der Waals surface area contributed by atoms with E-state index in [4.69, 9.17) is 4.74 Å². The Hall–Kier alpha value is -0.570. The average molecular weight is 197 g/mol. The van der Waals surface area contributed by atoms with Crippen molar-refractivity contribution in [2.24, 2.45) is 11.8 Å². The molecule has 2 aliphatic rings. The lowest BCUT2D eigenvalue weighted by atomic mass is 9.73. The molecule has 1 aliphatic heterocycles. The minimum absolute atomic E-state index is 0.00315. The molecule has 0 spiro atoms. The molecule has 2 rings (SSSR count). The Morgan fingerprint density at radius 1 is 1.29 bits per heavy atom. The maximum absolute atomic E-state index is 11.6. The fraction of sp³-hybridized carbons (Fsp3) is 0.909. The average Bonchev–Trinajstić information content (AvgIpc) is 2.27. The minimum Gasteiger partial charge on any atom is -0.469 e. The van der Waals surface area contributed by atoms with Crippen LogP contribution in [0.5, 0.6) is 0 Å². The second-order valence-electron chi connectivity index (χ2n) is 4.43. The lowest BCUT2D eigenvalue weighted by Crippen LogP contribution is -2.49. The van der Waals surface area contributed by atoms with Gasteiger partial charge < -0.3 is 10.1 Å². The normalized spacial score (nSPS) is 37.4. The highest BCUT2D eigenvalue weighted by atomic mass is 16.5. The van der Waals surface area contributed by atoms with Crippen LogP contribution in [0.15, 0.2) is 0 Å². The van der Waals surface area contributed by atoms with Crippen molar-refractivity contribution in [1.29, 1.82) is 0 Å². The molecule has 0 unspecified atom stereocenters. The minimum atomic E-state index is 0.00315. The van der Waals surface area contributed by atoms with E-state index in [0.29, 0.717) is 12.0 Å². The van der Waals surface area contributed by atoms with Gasteiger partial charge >= 0.3 is 5.97 Å². The molecule has 3 heteroatoms. The van der Waals surface area contributed by atoms with Crippen LogP contribution < -0.4 is 5.32 Å². The summed E-state index contributed by atoms with van der Waals surface area (Å²) < 4.78 is 4.87. The van der Waals surface area contributed by atoms with Crippen molar-refractivity contribution in [3.8, 4) is 0 Å². The van der Waals surface area contributed by atoms with E-state index in [0.717, 1.165) is 13.0 Å². The first-order valence-electron chi connectivity index (χ1n) is 5.64. The first-order valence-corrected chi connectivity index (χ1v) is 5.64. The van der Waals surface area contributed by atoms with Gasteiger partial charge in [-0.3, -0.25) is 4.79 Å². The van der Waals surface area contributed by atoms with Gasteiger partial charge in [0.1, 0.15) is 0 Å². The van der Waals surface area contributed by atoms with E-state index >= 15 is 0 Å². The molecule has 80 valence electrons. The van der Waals surface area contributed by atoms with Gasteiger partial charge in [0.05, 0.1) is 13.0 Å². The molecule has 0 radical (unpaired) electrons. The number of rotatable bonds is 1. The number of ether oxygens (including phenoxy) is 1. The van der Waals surface area contributed by atoms with Gasteiger partial charge in [-0.1, -0.05) is 12.8 Å². The van der Waals surface area contributed by atoms with Gasteiger partial charge in [0, 0.05) is 6.04 Å². The largest absolute Gasteiger partial charge is 0.469 e. The molecule has 1 N–H and O–H groups in total. The maximum atomic E-state index is 11.6. The van der Waals surface area contributed by atoms with E-state index in [1.54, 1.807) is 0 Å². The van der Waals surface area contributed by atoms with Gasteiger partial charge in [-0.15, -0.1) is 0 Å². The summed E-state index contributed by atoms with van der Waals surface area (Å²) in [5.74, 6) is 0.694. The maximum Gasteiger partial charge on any atom is 0.309 e. The zero-order valence-corrected chi connectivity index (χ0v) is 8.79. The second-order valence-corrected chi connectivity index (χ2v) is 4.43. The lowest BCUT2D eigenvalue weighted by molar-refractivity contribution is -0.149. The molecule has 0 bridgehead atoms. The van der Waals surface area contributed by atoms with E-state index in [1.807, 2.05) is 0 Å². The van der Waals surface area contributed by atoms with Crippen LogP contribution in [0.3, 0.4) is 0 Å². The Kier molecular flexibility index (Phi) is 3.06. The summed E-state index contributed by atoms with van der Waals surface area (Å²) in [6.45, 7) is 0.973. The summed E-state index contributed by atoms with van der Waals surface area (Å²) in [5, 5.41) is 3.52. The molecule has 0 aromatic carbocycles. The molecular formula is C11H19NO2. The molecule has 0 amide bonds. The van der Waals surface area contributed by atoms with Crippen LogP contribution >= 0.6 is 0 Å². The third kappa shape index (κ3) is 1.78. The van der Waals surface area contributed by atoms with Crippen molar-refractivity contribution in [1.82, 2.24) is 5.32 Å². The third-order valence-corrected chi connectivity index (χ3v) is 3.70. The standard InChI is InChI=1S/C11H19NO2/c1-14-11(13)9-6-7-12-10-5-3-2-4-8(9)10/h8-10,12H,2-7H2,1H3/t8-,9-,10-/m1/s1. The predicted molar refractivity (Wildman–Crippen MR) is 53.9 cm³/mol. The van der Waals surface area contributed by atoms with Crippen LogP contribution in [0.2, 0.25) is 0 Å². The van der Waals surface area contributed by atoms with E-state index in [2.05, 4.69) is 5.32 Å². The van der Waals surface area contributed by atoms with Gasteiger partial charge in [0.2, 0.25) is 0 Å². The number of hydrogen-bond acceptors (Lipinski definition) is 3. The second kappa shape index (κ2) is 4.30. The van der Waals surface area contributed by atoms with Crippen molar-refractivity contribution in [3.63, 3.8) is 0 Å². The van der Waals surface area contributed by atoms with E-state index in [1.165, 1.54) is 32.8 Å². The van der Waals surface area contributed by atoms with E-state index in [-0.39, 0.29) is 11.9 Å². The van der Waals surface area contributed by atoms with Gasteiger partial charge in [-0.2, -0.15) is 0 Å². The number of methoxy groups -OCH3 is 1. The molecule has 14 heavy (non-hydrogen) atoms.